The second kappa shape index (κ2) is 6.04. The highest BCUT2D eigenvalue weighted by Gasteiger charge is 2.40. The van der Waals surface area contributed by atoms with Crippen molar-refractivity contribution < 1.29 is 9.47 Å². The van der Waals surface area contributed by atoms with Crippen molar-refractivity contribution in [2.24, 2.45) is 5.41 Å². The first-order valence-corrected chi connectivity index (χ1v) is 7.62. The molecule has 2 rings (SSSR count). The Morgan fingerprint density at radius 1 is 0.591 bits per heavy atom. The van der Waals surface area contributed by atoms with Crippen molar-refractivity contribution in [3.8, 4) is 11.5 Å². The van der Waals surface area contributed by atoms with Gasteiger partial charge in [0.05, 0.1) is 14.2 Å². The summed E-state index contributed by atoms with van der Waals surface area (Å²) in [6.07, 6.45) is 0. The van der Waals surface area contributed by atoms with Crippen molar-refractivity contribution >= 4 is 0 Å². The first-order chi connectivity index (χ1) is 10.3. The van der Waals surface area contributed by atoms with Gasteiger partial charge < -0.3 is 9.47 Å². The summed E-state index contributed by atoms with van der Waals surface area (Å²) >= 11 is 0. The lowest BCUT2D eigenvalue weighted by Crippen LogP contribution is -2.38. The van der Waals surface area contributed by atoms with E-state index in [1.807, 2.05) is 24.3 Å². The van der Waals surface area contributed by atoms with Crippen molar-refractivity contribution in [2.45, 2.75) is 33.1 Å². The topological polar surface area (TPSA) is 18.5 Å². The minimum absolute atomic E-state index is 0.0657. The normalized spacial score (nSPS) is 12.1. The molecule has 0 bridgehead atoms. The Kier molecular flexibility index (Phi) is 4.50. The molecule has 0 saturated carbocycles. The van der Waals surface area contributed by atoms with Crippen molar-refractivity contribution in [1.82, 2.24) is 0 Å². The summed E-state index contributed by atoms with van der Waals surface area (Å²) < 4.78 is 10.6. The predicted molar refractivity (Wildman–Crippen MR) is 91.9 cm³/mol. The highest BCUT2D eigenvalue weighted by Crippen LogP contribution is 2.47. The summed E-state index contributed by atoms with van der Waals surface area (Å²) in [4.78, 5) is 0. The number of methoxy groups -OCH3 is 2. The number of ether oxygens (including phenoxy) is 2. The summed E-state index contributed by atoms with van der Waals surface area (Å²) in [5, 5.41) is 0. The molecule has 0 aliphatic rings. The van der Waals surface area contributed by atoms with E-state index in [-0.39, 0.29) is 10.8 Å². The Morgan fingerprint density at radius 3 is 1.14 bits per heavy atom. The summed E-state index contributed by atoms with van der Waals surface area (Å²) in [5.74, 6) is 1.77. The molecule has 118 valence electrons. The molecule has 0 aromatic heterocycles. The quantitative estimate of drug-likeness (QED) is 0.786. The zero-order valence-electron chi connectivity index (χ0n) is 14.4. The van der Waals surface area contributed by atoms with Crippen molar-refractivity contribution in [3.63, 3.8) is 0 Å². The van der Waals surface area contributed by atoms with Gasteiger partial charge in [-0.05, 0) is 40.8 Å². The van der Waals surface area contributed by atoms with E-state index < -0.39 is 0 Å². The molecule has 22 heavy (non-hydrogen) atoms. The van der Waals surface area contributed by atoms with Crippen LogP contribution in [0.1, 0.15) is 38.8 Å². The third kappa shape index (κ3) is 2.83. The van der Waals surface area contributed by atoms with Crippen molar-refractivity contribution in [2.75, 3.05) is 14.2 Å². The molecule has 0 aliphatic carbocycles. The van der Waals surface area contributed by atoms with Gasteiger partial charge in [-0.3, -0.25) is 0 Å². The predicted octanol–water partition coefficient (Wildman–Crippen LogP) is 5.06. The molecule has 0 unspecified atom stereocenters. The molecule has 2 aromatic carbocycles. The molecule has 0 fully saturated rings. The maximum Gasteiger partial charge on any atom is 0.118 e. The van der Waals surface area contributed by atoms with Crippen LogP contribution in [0.2, 0.25) is 0 Å². The third-order valence-corrected chi connectivity index (χ3v) is 4.83. The van der Waals surface area contributed by atoms with E-state index in [1.54, 1.807) is 14.2 Å². The fraction of sp³-hybridized carbons (Fsp3) is 0.400. The van der Waals surface area contributed by atoms with Crippen LogP contribution >= 0.6 is 0 Å². The maximum absolute atomic E-state index is 5.29. The number of hydrogen-bond donors (Lipinski definition) is 0. The van der Waals surface area contributed by atoms with Gasteiger partial charge in [-0.25, -0.2) is 0 Å². The van der Waals surface area contributed by atoms with Crippen LogP contribution in [0, 0.1) is 5.41 Å². The minimum Gasteiger partial charge on any atom is -0.497 e. The van der Waals surface area contributed by atoms with E-state index in [4.69, 9.17) is 9.47 Å². The zero-order valence-corrected chi connectivity index (χ0v) is 14.4. The van der Waals surface area contributed by atoms with Gasteiger partial charge in [0, 0.05) is 5.41 Å². The Bertz CT molecular complexity index is 556. The lowest BCUT2D eigenvalue weighted by molar-refractivity contribution is 0.249. The van der Waals surface area contributed by atoms with Crippen LogP contribution < -0.4 is 9.47 Å². The van der Waals surface area contributed by atoms with Gasteiger partial charge in [0.1, 0.15) is 11.5 Å². The van der Waals surface area contributed by atoms with E-state index in [1.165, 1.54) is 11.1 Å². The van der Waals surface area contributed by atoms with Gasteiger partial charge >= 0.3 is 0 Å². The van der Waals surface area contributed by atoms with Gasteiger partial charge in [-0.15, -0.1) is 0 Å². The number of hydrogen-bond acceptors (Lipinski definition) is 2. The van der Waals surface area contributed by atoms with E-state index in [0.29, 0.717) is 0 Å². The van der Waals surface area contributed by atoms with Gasteiger partial charge in [-0.1, -0.05) is 52.0 Å². The van der Waals surface area contributed by atoms with Crippen LogP contribution in [-0.4, -0.2) is 14.2 Å². The third-order valence-electron chi connectivity index (χ3n) is 4.83. The molecule has 0 N–H and O–H groups in total. The van der Waals surface area contributed by atoms with E-state index in [2.05, 4.69) is 52.0 Å². The van der Waals surface area contributed by atoms with Crippen LogP contribution in [0.3, 0.4) is 0 Å². The van der Waals surface area contributed by atoms with Crippen LogP contribution in [0.5, 0.6) is 11.5 Å². The standard InChI is InChI=1S/C20H26O2/c1-19(2,3)20(4,15-7-11-17(21-5)12-8-15)16-9-13-18(22-6)14-10-16/h7-14H,1-6H3. The average molecular weight is 298 g/mol. The van der Waals surface area contributed by atoms with Crippen molar-refractivity contribution in [3.05, 3.63) is 59.7 Å². The van der Waals surface area contributed by atoms with Crippen LogP contribution in [-0.2, 0) is 5.41 Å². The van der Waals surface area contributed by atoms with E-state index >= 15 is 0 Å². The molecule has 0 saturated heterocycles. The second-order valence-electron chi connectivity index (χ2n) is 6.83. The summed E-state index contributed by atoms with van der Waals surface area (Å²) in [6.45, 7) is 9.14. The largest absolute Gasteiger partial charge is 0.497 e. The van der Waals surface area contributed by atoms with E-state index in [0.717, 1.165) is 11.5 Å². The molecule has 2 nitrogen and oxygen atoms in total. The zero-order chi connectivity index (χ0) is 16.4. The highest BCUT2D eigenvalue weighted by atomic mass is 16.5. The van der Waals surface area contributed by atoms with Gasteiger partial charge in [0.15, 0.2) is 0 Å². The number of benzene rings is 2. The molecule has 0 heterocycles. The van der Waals surface area contributed by atoms with Gasteiger partial charge in [-0.2, -0.15) is 0 Å². The molecule has 0 radical (unpaired) electrons. The molecule has 2 heteroatoms. The summed E-state index contributed by atoms with van der Waals surface area (Å²) in [7, 11) is 3.39. The Hall–Kier alpha value is -1.96. The smallest absolute Gasteiger partial charge is 0.118 e. The molecule has 2 aromatic rings. The summed E-state index contributed by atoms with van der Waals surface area (Å²) in [5.41, 5.74) is 2.53. The lowest BCUT2D eigenvalue weighted by Gasteiger charge is -2.43. The SMILES string of the molecule is COc1ccc(C(C)(c2ccc(OC)cc2)C(C)(C)C)cc1. The Balaban J connectivity index is 2.55. The molecule has 0 atom stereocenters. The van der Waals surface area contributed by atoms with Crippen molar-refractivity contribution in [1.29, 1.82) is 0 Å². The second-order valence-corrected chi connectivity index (χ2v) is 6.83. The Labute approximate surface area is 134 Å². The first kappa shape index (κ1) is 16.4. The fourth-order valence-electron chi connectivity index (χ4n) is 2.88. The number of rotatable bonds is 4. The Morgan fingerprint density at radius 2 is 0.909 bits per heavy atom. The molecule has 0 aliphatic heterocycles. The van der Waals surface area contributed by atoms with Crippen LogP contribution in [0.4, 0.5) is 0 Å². The monoisotopic (exact) mass is 298 g/mol. The van der Waals surface area contributed by atoms with Gasteiger partial charge in [0.2, 0.25) is 0 Å². The highest BCUT2D eigenvalue weighted by molar-refractivity contribution is 5.44. The molecule has 0 spiro atoms. The van der Waals surface area contributed by atoms with Crippen LogP contribution in [0.15, 0.2) is 48.5 Å². The van der Waals surface area contributed by atoms with E-state index in [9.17, 15) is 0 Å². The molecule has 0 amide bonds. The van der Waals surface area contributed by atoms with Gasteiger partial charge in [0.25, 0.3) is 0 Å². The first-order valence-electron chi connectivity index (χ1n) is 7.62. The minimum atomic E-state index is -0.106. The molecular weight excluding hydrogens is 272 g/mol. The maximum atomic E-state index is 5.29. The van der Waals surface area contributed by atoms with Crippen LogP contribution in [0.25, 0.3) is 0 Å². The lowest BCUT2D eigenvalue weighted by atomic mass is 9.60. The fourth-order valence-corrected chi connectivity index (χ4v) is 2.88. The summed E-state index contributed by atoms with van der Waals surface area (Å²) in [6, 6.07) is 16.8. The molecular formula is C20H26O2. The average Bonchev–Trinajstić information content (AvgIpc) is 2.53.